The van der Waals surface area contributed by atoms with Crippen molar-refractivity contribution in [1.29, 1.82) is 0 Å². The molecule has 0 heterocycles. The van der Waals surface area contributed by atoms with Gasteiger partial charge in [0.2, 0.25) is 41.4 Å². The van der Waals surface area contributed by atoms with E-state index in [4.69, 9.17) is 60.8 Å². The van der Waals surface area contributed by atoms with E-state index < -0.39 is 96.1 Å². The highest BCUT2D eigenvalue weighted by Crippen LogP contribution is 2.14. The Bertz CT molecular complexity index is 2860. The molecule has 0 bridgehead atoms. The minimum atomic E-state index is -0.942. The van der Waals surface area contributed by atoms with Gasteiger partial charge < -0.3 is 135 Å². The highest BCUT2D eigenvalue weighted by atomic mass is 16.6. The molecule has 9 atom stereocenters. The number of methoxy groups -OCH3 is 1. The van der Waals surface area contributed by atoms with Gasteiger partial charge in [-0.15, -0.1) is 0 Å². The molecule has 0 aromatic rings. The maximum Gasteiger partial charge on any atom is 0.312 e. The number of amides is 13. The first-order valence-corrected chi connectivity index (χ1v) is 42.5. The van der Waals surface area contributed by atoms with Crippen LogP contribution in [-0.2, 0) is 85.8 Å². The summed E-state index contributed by atoms with van der Waals surface area (Å²) in [7, 11) is 1.63. The van der Waals surface area contributed by atoms with E-state index in [9.17, 15) is 62.3 Å². The van der Waals surface area contributed by atoms with Gasteiger partial charge in [-0.3, -0.25) is 47.9 Å². The van der Waals surface area contributed by atoms with E-state index in [1.807, 2.05) is 83.1 Å². The number of nitrogens with one attached hydrogen (secondary N) is 14. The molecule has 0 aliphatic carbocycles. The van der Waals surface area contributed by atoms with E-state index >= 15 is 0 Å². The number of nitrogens with two attached hydrogens (primary N) is 4. The lowest BCUT2D eigenvalue weighted by molar-refractivity contribution is -0.134. The van der Waals surface area contributed by atoms with Crippen molar-refractivity contribution in [1.82, 2.24) is 74.4 Å². The van der Waals surface area contributed by atoms with Gasteiger partial charge in [-0.2, -0.15) is 0 Å². The molecule has 22 N–H and O–H groups in total. The molecule has 120 heavy (non-hydrogen) atoms. The first-order valence-electron chi connectivity index (χ1n) is 42.5. The van der Waals surface area contributed by atoms with E-state index in [-0.39, 0.29) is 134 Å². The Labute approximate surface area is 714 Å². The second-order valence-electron chi connectivity index (χ2n) is 32.1. The summed E-state index contributed by atoms with van der Waals surface area (Å²) in [5, 5.41) is 39.6. The molecular formula is C81H160N18O21. The van der Waals surface area contributed by atoms with Crippen molar-refractivity contribution in [3.8, 4) is 0 Å². The van der Waals surface area contributed by atoms with Crippen molar-refractivity contribution in [2.45, 2.75) is 262 Å². The summed E-state index contributed by atoms with van der Waals surface area (Å²) in [5.41, 5.74) is 20.9. The fourth-order valence-electron chi connectivity index (χ4n) is 11.1. The zero-order valence-corrected chi connectivity index (χ0v) is 76.2. The number of ketones is 3. The number of hydrogen-bond acceptors (Lipinski definition) is 26. The molecule has 0 aromatic carbocycles. The minimum Gasteiger partial charge on any atom is -0.382 e. The second kappa shape index (κ2) is 71.1. The first kappa shape index (κ1) is 117. The average Bonchev–Trinajstić information content (AvgIpc) is 0.867. The van der Waals surface area contributed by atoms with E-state index in [0.717, 1.165) is 0 Å². The zero-order valence-electron chi connectivity index (χ0n) is 76.2. The molecule has 0 saturated heterocycles. The topological polar surface area (TPSA) is 568 Å². The van der Waals surface area contributed by atoms with Crippen LogP contribution in [0.2, 0.25) is 0 Å². The number of primary amides is 3. The van der Waals surface area contributed by atoms with Crippen molar-refractivity contribution in [2.24, 2.45) is 58.4 Å². The molecule has 0 fully saturated rings. The van der Waals surface area contributed by atoms with Crippen LogP contribution in [0.1, 0.15) is 183 Å². The Morgan fingerprint density at radius 1 is 0.292 bits per heavy atom. The summed E-state index contributed by atoms with van der Waals surface area (Å²) in [6.45, 7) is 44.8. The highest BCUT2D eigenvalue weighted by molar-refractivity contribution is 5.97. The van der Waals surface area contributed by atoms with Gasteiger partial charge in [0.05, 0.1) is 129 Å². The Balaban J connectivity index is -0.00000185. The van der Waals surface area contributed by atoms with Crippen molar-refractivity contribution in [3.05, 3.63) is 0 Å². The van der Waals surface area contributed by atoms with Crippen molar-refractivity contribution in [2.75, 3.05) is 145 Å². The summed E-state index contributed by atoms with van der Waals surface area (Å²) < 4.78 is 43.0. The number of Topliss-reactive ketones (excluding diaryl/α,β-unsaturated/α-hetero) is 3. The Kier molecular flexibility index (Phi) is 69.1. The van der Waals surface area contributed by atoms with Gasteiger partial charge in [0, 0.05) is 94.7 Å². The van der Waals surface area contributed by atoms with Crippen LogP contribution in [-0.4, -0.2) is 301 Å². The van der Waals surface area contributed by atoms with Crippen molar-refractivity contribution >= 4 is 76.8 Å². The number of carbonyl (C=O) groups excluding carboxylic acids is 13. The fourth-order valence-corrected chi connectivity index (χ4v) is 11.1. The summed E-state index contributed by atoms with van der Waals surface area (Å²) in [4.78, 5) is 162. The summed E-state index contributed by atoms with van der Waals surface area (Å²) >= 11 is 0. The smallest absolute Gasteiger partial charge is 0.312 e. The quantitative estimate of drug-likeness (QED) is 0.0361. The Morgan fingerprint density at radius 3 is 0.792 bits per heavy atom. The SMILES string of the molecule is CC(C)NC[C@H](NC(C)C)C(=O)N[C@H](C(=O)N[C@@H](CCCNC(N)=O)C(=O)C(C)C)C(C)C.CC(C)N[C@@H](CN)C(=O)N[C@H](C(=O)N[C@@H](CCCNC(N)=O)C(=O)C(C)C)C(C)C.COCCOCCOCCOCCOCCOCCOCCOCCC(=O)NC[C@H](NC(C)C)C(=O)N[C@H](C(=O)N[C@@H](CCCNC(N)=O)C(=O)C(C)C)C(C)C. The second-order valence-corrected chi connectivity index (χ2v) is 32.1. The molecule has 700 valence electrons. The van der Waals surface area contributed by atoms with Crippen LogP contribution in [0.15, 0.2) is 0 Å². The summed E-state index contributed by atoms with van der Waals surface area (Å²) in [6, 6.07) is -8.42. The van der Waals surface area contributed by atoms with Crippen LogP contribution in [0.5, 0.6) is 0 Å². The average molecular weight is 1720 g/mol. The van der Waals surface area contributed by atoms with Crippen molar-refractivity contribution in [3.63, 3.8) is 0 Å². The third-order valence-electron chi connectivity index (χ3n) is 17.5. The zero-order chi connectivity index (χ0) is 91.8. The summed E-state index contributed by atoms with van der Waals surface area (Å²) in [5.74, 6) is -4.69. The van der Waals surface area contributed by atoms with Gasteiger partial charge in [-0.25, -0.2) is 14.4 Å². The molecule has 0 saturated carbocycles. The van der Waals surface area contributed by atoms with Gasteiger partial charge in [0.25, 0.3) is 0 Å². The third-order valence-corrected chi connectivity index (χ3v) is 17.5. The molecule has 0 aliphatic heterocycles. The molecule has 0 aromatic heterocycles. The minimum absolute atomic E-state index is 0.0128. The van der Waals surface area contributed by atoms with Gasteiger partial charge in [-0.1, -0.05) is 138 Å². The van der Waals surface area contributed by atoms with Crippen LogP contribution >= 0.6 is 0 Å². The number of ether oxygens (including phenoxy) is 8. The van der Waals surface area contributed by atoms with Gasteiger partial charge in [-0.05, 0) is 56.3 Å². The monoisotopic (exact) mass is 1720 g/mol. The maximum atomic E-state index is 13.4. The van der Waals surface area contributed by atoms with E-state index in [0.29, 0.717) is 144 Å². The van der Waals surface area contributed by atoms with Crippen LogP contribution in [0.25, 0.3) is 0 Å². The standard InChI is InChI=1S/C38H74N6O13.C23H46N6O4.C20H40N6O4/c1-28(2)34(37(48)43-31(35(46)29(3)4)9-8-11-40-38(39)49)44-36(47)32(42-30(5)6)27-41-33(45)10-12-51-15-16-53-19-20-55-23-24-57-26-25-56-22-21-54-18-17-52-14-13-50-7;1-13(2)19(29-21(31)18(27-16(7)8)12-26-15(5)6)22(32)28-17(20(30)14(3)4)10-9-11-25-23(24)33;1-11(2)16(26-18(28)15(10-21)24-13(5)6)19(29)25-14(17(27)12(3)4)8-7-9-23-20(22)30/h28-32,34,42H,8-27H2,1-7H3,(H,41,45)(H,43,48)(H,44,47)(H3,39,40,49);13-19,26-27H,9-12H2,1-8H3,(H,28,32)(H,29,31)(H3,24,25,33);11-16,24H,7-10,21H2,1-6H3,(H,25,29)(H,26,28)(H3,22,23,30)/t31-,32-,34-;17-,18-,19-;14-,15-,16-/m000/s1. The molecule has 39 nitrogen and oxygen atoms in total. The van der Waals surface area contributed by atoms with E-state index in [1.54, 1.807) is 62.5 Å². The Hall–Kier alpha value is -7.41. The predicted molar refractivity (Wildman–Crippen MR) is 460 cm³/mol. The van der Waals surface area contributed by atoms with Gasteiger partial charge in [0.15, 0.2) is 17.3 Å². The number of hydrogen-bond donors (Lipinski definition) is 18. The van der Waals surface area contributed by atoms with Crippen LogP contribution in [0.3, 0.4) is 0 Å². The lowest BCUT2D eigenvalue weighted by Crippen LogP contribution is -2.59. The Morgan fingerprint density at radius 2 is 0.550 bits per heavy atom. The number of carbonyl (C=O) groups is 13. The molecular weight excluding hydrogens is 1560 g/mol. The maximum absolute atomic E-state index is 13.4. The summed E-state index contributed by atoms with van der Waals surface area (Å²) in [6.07, 6.45) is 2.45. The molecule has 0 spiro atoms. The van der Waals surface area contributed by atoms with Gasteiger partial charge in [0.1, 0.15) is 24.2 Å². The lowest BCUT2D eigenvalue weighted by Gasteiger charge is -2.28. The van der Waals surface area contributed by atoms with Crippen LogP contribution in [0, 0.1) is 35.5 Å². The van der Waals surface area contributed by atoms with E-state index in [2.05, 4.69) is 74.4 Å². The highest BCUT2D eigenvalue weighted by Gasteiger charge is 2.36. The molecule has 13 amide bonds. The first-order chi connectivity index (χ1) is 56.4. The molecule has 0 aliphatic rings. The van der Waals surface area contributed by atoms with E-state index in [1.165, 1.54) is 0 Å². The largest absolute Gasteiger partial charge is 0.382 e. The van der Waals surface area contributed by atoms with Gasteiger partial charge >= 0.3 is 18.1 Å². The van der Waals surface area contributed by atoms with Crippen LogP contribution < -0.4 is 97.4 Å². The molecule has 0 rings (SSSR count). The molecule has 0 unspecified atom stereocenters. The lowest BCUT2D eigenvalue weighted by atomic mass is 9.96. The normalized spacial score (nSPS) is 13.7. The molecule has 0 radical (unpaired) electrons. The van der Waals surface area contributed by atoms with Crippen LogP contribution in [0.4, 0.5) is 14.4 Å². The third kappa shape index (κ3) is 61.8. The predicted octanol–water partition coefficient (Wildman–Crippen LogP) is 0.182. The fraction of sp³-hybridized carbons (Fsp3) is 0.840. The number of urea groups is 3. The number of rotatable bonds is 69. The van der Waals surface area contributed by atoms with Crippen molar-refractivity contribution < 1.29 is 100 Å². The molecule has 39 heteroatoms.